The number of hydrogen-bond donors (Lipinski definition) is 1. The summed E-state index contributed by atoms with van der Waals surface area (Å²) in [4.78, 5) is 14.3. The minimum atomic E-state index is -0.472. The Bertz CT molecular complexity index is 553. The molecule has 0 saturated heterocycles. The summed E-state index contributed by atoms with van der Waals surface area (Å²) in [7, 11) is 0. The molecule has 0 saturated carbocycles. The third kappa shape index (κ3) is 2.42. The summed E-state index contributed by atoms with van der Waals surface area (Å²) >= 11 is 0. The number of aryl methyl sites for hydroxylation is 1. The van der Waals surface area contributed by atoms with Gasteiger partial charge in [-0.05, 0) is 13.0 Å². The Balaban J connectivity index is 2.13. The van der Waals surface area contributed by atoms with E-state index in [4.69, 9.17) is 0 Å². The molecule has 2 rings (SSSR count). The molecule has 18 heavy (non-hydrogen) atoms. The van der Waals surface area contributed by atoms with Crippen LogP contribution < -0.4 is 5.32 Å². The summed E-state index contributed by atoms with van der Waals surface area (Å²) in [5.74, 6) is 0.936. The average Bonchev–Trinajstić information content (AvgIpc) is 2.84. The first-order valence-corrected chi connectivity index (χ1v) is 5.42. The van der Waals surface area contributed by atoms with Gasteiger partial charge in [0.15, 0.2) is 5.82 Å². The first-order valence-electron chi connectivity index (χ1n) is 5.42. The van der Waals surface area contributed by atoms with E-state index < -0.39 is 4.92 Å². The van der Waals surface area contributed by atoms with Gasteiger partial charge in [0, 0.05) is 18.8 Å². The molecule has 8 nitrogen and oxygen atoms in total. The highest BCUT2D eigenvalue weighted by Gasteiger charge is 2.14. The third-order valence-corrected chi connectivity index (χ3v) is 2.43. The van der Waals surface area contributed by atoms with Crippen LogP contribution in [0.5, 0.6) is 0 Å². The van der Waals surface area contributed by atoms with Gasteiger partial charge in [0.25, 0.3) is 0 Å². The lowest BCUT2D eigenvalue weighted by atomic mass is 10.4. The van der Waals surface area contributed by atoms with Crippen molar-refractivity contribution in [3.8, 4) is 0 Å². The van der Waals surface area contributed by atoms with Gasteiger partial charge >= 0.3 is 5.69 Å². The van der Waals surface area contributed by atoms with Gasteiger partial charge in [-0.25, -0.2) is 4.98 Å². The number of nitrogens with one attached hydrogen (secondary N) is 1. The van der Waals surface area contributed by atoms with Crippen molar-refractivity contribution in [2.24, 2.45) is 0 Å². The molecule has 0 aromatic carbocycles. The lowest BCUT2D eigenvalue weighted by molar-refractivity contribution is -0.384. The normalized spacial score (nSPS) is 10.3. The molecule has 0 amide bonds. The third-order valence-electron chi connectivity index (χ3n) is 2.43. The monoisotopic (exact) mass is 248 g/mol. The van der Waals surface area contributed by atoms with Crippen LogP contribution in [0.15, 0.2) is 24.7 Å². The predicted octanol–water partition coefficient (Wildman–Crippen LogP) is 1.21. The lowest BCUT2D eigenvalue weighted by Gasteiger charge is -2.06. The quantitative estimate of drug-likeness (QED) is 0.630. The van der Waals surface area contributed by atoms with Gasteiger partial charge in [0.05, 0.1) is 11.5 Å². The van der Waals surface area contributed by atoms with E-state index in [1.807, 2.05) is 11.5 Å². The van der Waals surface area contributed by atoms with Crippen LogP contribution in [0.25, 0.3) is 0 Å². The highest BCUT2D eigenvalue weighted by atomic mass is 16.6. The van der Waals surface area contributed by atoms with E-state index in [1.165, 1.54) is 18.3 Å². The summed E-state index contributed by atoms with van der Waals surface area (Å²) in [6.07, 6.45) is 3.11. The molecule has 0 spiro atoms. The molecule has 94 valence electrons. The molecule has 0 aliphatic rings. The van der Waals surface area contributed by atoms with E-state index in [2.05, 4.69) is 20.5 Å². The van der Waals surface area contributed by atoms with Crippen LogP contribution in [-0.4, -0.2) is 24.7 Å². The smallest absolute Gasteiger partial charge is 0.311 e. The lowest BCUT2D eigenvalue weighted by Crippen LogP contribution is -2.09. The van der Waals surface area contributed by atoms with E-state index in [-0.39, 0.29) is 11.5 Å². The number of pyridine rings is 1. The fourth-order valence-electron chi connectivity index (χ4n) is 1.52. The van der Waals surface area contributed by atoms with Crippen molar-refractivity contribution in [1.82, 2.24) is 19.7 Å². The zero-order valence-corrected chi connectivity index (χ0v) is 9.78. The first kappa shape index (κ1) is 12.0. The Morgan fingerprint density at radius 2 is 2.39 bits per heavy atom. The maximum absolute atomic E-state index is 10.8. The summed E-state index contributed by atoms with van der Waals surface area (Å²) in [5.41, 5.74) is -0.0555. The molecule has 0 unspecified atom stereocenters. The molecular weight excluding hydrogens is 236 g/mol. The Labute approximate surface area is 103 Å². The second-order valence-corrected chi connectivity index (χ2v) is 3.51. The molecular formula is C10H12N6O2. The van der Waals surface area contributed by atoms with Gasteiger partial charge in [-0.2, -0.15) is 0 Å². The topological polar surface area (TPSA) is 98.8 Å². The number of nitrogens with zero attached hydrogens (tertiary/aromatic N) is 5. The van der Waals surface area contributed by atoms with Crippen LogP contribution >= 0.6 is 0 Å². The van der Waals surface area contributed by atoms with Gasteiger partial charge in [-0.1, -0.05) is 0 Å². The number of rotatable bonds is 5. The molecule has 2 aromatic rings. The van der Waals surface area contributed by atoms with Gasteiger partial charge in [-0.3, -0.25) is 10.1 Å². The van der Waals surface area contributed by atoms with Crippen LogP contribution in [0.4, 0.5) is 11.5 Å². The van der Waals surface area contributed by atoms with Crippen LogP contribution in [0.2, 0.25) is 0 Å². The summed E-state index contributed by atoms with van der Waals surface area (Å²) in [6.45, 7) is 3.05. The maximum Gasteiger partial charge on any atom is 0.311 e. The molecule has 0 fully saturated rings. The largest absolute Gasteiger partial charge is 0.357 e. The average molecular weight is 248 g/mol. The molecule has 0 atom stereocenters. The number of anilines is 1. The predicted molar refractivity (Wildman–Crippen MR) is 63.9 cm³/mol. The Morgan fingerprint density at radius 1 is 1.56 bits per heavy atom. The zero-order valence-electron chi connectivity index (χ0n) is 9.78. The van der Waals surface area contributed by atoms with Gasteiger partial charge in [0.2, 0.25) is 5.82 Å². The second-order valence-electron chi connectivity index (χ2n) is 3.51. The van der Waals surface area contributed by atoms with Crippen molar-refractivity contribution in [2.75, 3.05) is 5.32 Å². The molecule has 0 bridgehead atoms. The van der Waals surface area contributed by atoms with Crippen molar-refractivity contribution < 1.29 is 4.92 Å². The molecule has 0 aliphatic carbocycles. The number of aromatic nitrogens is 4. The van der Waals surface area contributed by atoms with Gasteiger partial charge in [0.1, 0.15) is 6.33 Å². The van der Waals surface area contributed by atoms with Gasteiger partial charge in [-0.15, -0.1) is 10.2 Å². The Kier molecular flexibility index (Phi) is 3.46. The van der Waals surface area contributed by atoms with Crippen molar-refractivity contribution in [1.29, 1.82) is 0 Å². The standard InChI is InChI=1S/C10H12N6O2/c1-2-15-7-13-14-9(15)6-12-10-8(16(17)18)4-3-5-11-10/h3-5,7H,2,6H2,1H3,(H,11,12). The number of hydrogen-bond acceptors (Lipinski definition) is 6. The SMILES string of the molecule is CCn1cnnc1CNc1ncccc1[N+](=O)[O-]. The second kappa shape index (κ2) is 5.21. The van der Waals surface area contributed by atoms with Crippen molar-refractivity contribution in [3.05, 3.63) is 40.6 Å². The van der Waals surface area contributed by atoms with E-state index in [9.17, 15) is 10.1 Å². The van der Waals surface area contributed by atoms with Crippen molar-refractivity contribution >= 4 is 11.5 Å². The van der Waals surface area contributed by atoms with Crippen molar-refractivity contribution in [2.45, 2.75) is 20.0 Å². The summed E-state index contributed by atoms with van der Waals surface area (Å²) in [5, 5.41) is 21.4. The molecule has 0 aliphatic heterocycles. The van der Waals surface area contributed by atoms with Crippen LogP contribution in [-0.2, 0) is 13.1 Å². The van der Waals surface area contributed by atoms with Crippen LogP contribution in [0.3, 0.4) is 0 Å². The highest BCUT2D eigenvalue weighted by molar-refractivity contribution is 5.54. The Morgan fingerprint density at radius 3 is 3.11 bits per heavy atom. The van der Waals surface area contributed by atoms with E-state index >= 15 is 0 Å². The van der Waals surface area contributed by atoms with E-state index in [0.29, 0.717) is 12.4 Å². The molecule has 0 radical (unpaired) electrons. The maximum atomic E-state index is 10.8. The minimum absolute atomic E-state index is 0.0555. The van der Waals surface area contributed by atoms with Gasteiger partial charge < -0.3 is 9.88 Å². The summed E-state index contributed by atoms with van der Waals surface area (Å²) < 4.78 is 1.85. The zero-order chi connectivity index (χ0) is 13.0. The fourth-order valence-corrected chi connectivity index (χ4v) is 1.52. The first-order chi connectivity index (χ1) is 8.72. The van der Waals surface area contributed by atoms with Crippen molar-refractivity contribution in [3.63, 3.8) is 0 Å². The molecule has 2 heterocycles. The van der Waals surface area contributed by atoms with Crippen LogP contribution in [0, 0.1) is 10.1 Å². The van der Waals surface area contributed by atoms with Crippen LogP contribution in [0.1, 0.15) is 12.7 Å². The van der Waals surface area contributed by atoms with E-state index in [1.54, 1.807) is 6.33 Å². The molecule has 8 heteroatoms. The minimum Gasteiger partial charge on any atom is -0.357 e. The molecule has 1 N–H and O–H groups in total. The molecule has 2 aromatic heterocycles. The fraction of sp³-hybridized carbons (Fsp3) is 0.300. The summed E-state index contributed by atoms with van der Waals surface area (Å²) in [6, 6.07) is 2.93. The number of nitro groups is 1. The van der Waals surface area contributed by atoms with E-state index in [0.717, 1.165) is 6.54 Å². The highest BCUT2D eigenvalue weighted by Crippen LogP contribution is 2.20. The Hall–Kier alpha value is -2.51.